The molecule has 2 nitrogen and oxygen atoms in total. The fourth-order valence-corrected chi connectivity index (χ4v) is 1.05. The van der Waals surface area contributed by atoms with Crippen molar-refractivity contribution < 1.29 is 5.11 Å². The number of aliphatic hydroxyl groups is 1. The number of nitrogens with zero attached hydrogens (tertiary/aromatic N) is 1. The maximum atomic E-state index is 9.24. The number of aromatic nitrogens is 1. The van der Waals surface area contributed by atoms with E-state index >= 15 is 0 Å². The summed E-state index contributed by atoms with van der Waals surface area (Å²) < 4.78 is 0. The average Bonchev–Trinajstić information content (AvgIpc) is 2.04. The molecule has 0 aliphatic rings. The van der Waals surface area contributed by atoms with Crippen LogP contribution in [0.5, 0.6) is 0 Å². The maximum Gasteiger partial charge on any atom is 0.0942 e. The molecule has 64 valence electrons. The standard InChI is InChI=1S/C10H13NO/c1-7-5-4-6-11-10(7)8(2)9(3)12/h4-6,12H,1-3H3/b9-8-. The molecule has 1 N–H and O–H groups in total. The molecule has 0 saturated carbocycles. The van der Waals surface area contributed by atoms with E-state index in [0.717, 1.165) is 16.8 Å². The van der Waals surface area contributed by atoms with Gasteiger partial charge in [-0.25, -0.2) is 0 Å². The van der Waals surface area contributed by atoms with Gasteiger partial charge in [0.1, 0.15) is 0 Å². The van der Waals surface area contributed by atoms with Gasteiger partial charge in [0.05, 0.1) is 11.5 Å². The van der Waals surface area contributed by atoms with Crippen molar-refractivity contribution in [3.63, 3.8) is 0 Å². The molecule has 1 rings (SSSR count). The third-order valence-electron chi connectivity index (χ3n) is 1.91. The highest BCUT2D eigenvalue weighted by Gasteiger charge is 2.03. The Bertz CT molecular complexity index is 311. The average molecular weight is 163 g/mol. The number of pyridine rings is 1. The highest BCUT2D eigenvalue weighted by Crippen LogP contribution is 2.17. The normalized spacial score (nSPS) is 12.6. The van der Waals surface area contributed by atoms with E-state index in [4.69, 9.17) is 0 Å². The molecule has 1 aromatic heterocycles. The molecule has 0 saturated heterocycles. The Hall–Kier alpha value is -1.31. The molecule has 0 radical (unpaired) electrons. The smallest absolute Gasteiger partial charge is 0.0942 e. The molecular weight excluding hydrogens is 150 g/mol. The molecule has 1 heterocycles. The van der Waals surface area contributed by atoms with Crippen LogP contribution in [-0.2, 0) is 0 Å². The monoisotopic (exact) mass is 163 g/mol. The highest BCUT2D eigenvalue weighted by molar-refractivity contribution is 5.64. The second-order valence-corrected chi connectivity index (χ2v) is 2.88. The van der Waals surface area contributed by atoms with Crippen molar-refractivity contribution in [1.82, 2.24) is 4.98 Å². The van der Waals surface area contributed by atoms with Crippen molar-refractivity contribution in [3.05, 3.63) is 35.3 Å². The predicted octanol–water partition coefficient (Wildman–Crippen LogP) is 2.70. The second kappa shape index (κ2) is 3.39. The Morgan fingerprint density at radius 2 is 2.08 bits per heavy atom. The fourth-order valence-electron chi connectivity index (χ4n) is 1.05. The van der Waals surface area contributed by atoms with E-state index < -0.39 is 0 Å². The van der Waals surface area contributed by atoms with Gasteiger partial charge < -0.3 is 5.11 Å². The number of hydrogen-bond acceptors (Lipinski definition) is 2. The van der Waals surface area contributed by atoms with Crippen LogP contribution in [0.4, 0.5) is 0 Å². The van der Waals surface area contributed by atoms with Crippen molar-refractivity contribution in [2.24, 2.45) is 0 Å². The zero-order valence-electron chi connectivity index (χ0n) is 7.63. The third-order valence-corrected chi connectivity index (χ3v) is 1.91. The van der Waals surface area contributed by atoms with Crippen molar-refractivity contribution in [2.75, 3.05) is 0 Å². The Balaban J connectivity index is 3.21. The first-order valence-electron chi connectivity index (χ1n) is 3.91. The first-order chi connectivity index (χ1) is 5.63. The lowest BCUT2D eigenvalue weighted by atomic mass is 10.1. The summed E-state index contributed by atoms with van der Waals surface area (Å²) in [6.45, 7) is 5.52. The van der Waals surface area contributed by atoms with Crippen LogP contribution < -0.4 is 0 Å². The van der Waals surface area contributed by atoms with Gasteiger partial charge >= 0.3 is 0 Å². The van der Waals surface area contributed by atoms with Gasteiger partial charge in [-0.2, -0.15) is 0 Å². The molecular formula is C10H13NO. The van der Waals surface area contributed by atoms with E-state index in [1.807, 2.05) is 26.0 Å². The Morgan fingerprint density at radius 3 is 2.58 bits per heavy atom. The Labute approximate surface area is 72.6 Å². The molecule has 0 aromatic carbocycles. The van der Waals surface area contributed by atoms with E-state index in [9.17, 15) is 5.11 Å². The molecule has 0 spiro atoms. The predicted molar refractivity (Wildman–Crippen MR) is 49.9 cm³/mol. The number of hydrogen-bond donors (Lipinski definition) is 1. The SMILES string of the molecule is C/C(O)=C(\C)c1ncccc1C. The van der Waals surface area contributed by atoms with Gasteiger partial charge in [0, 0.05) is 11.8 Å². The van der Waals surface area contributed by atoms with Crippen LogP contribution in [0.25, 0.3) is 5.57 Å². The summed E-state index contributed by atoms with van der Waals surface area (Å²) >= 11 is 0. The minimum atomic E-state index is 0.330. The number of rotatable bonds is 1. The van der Waals surface area contributed by atoms with E-state index in [0.29, 0.717) is 5.76 Å². The van der Waals surface area contributed by atoms with E-state index in [2.05, 4.69) is 4.98 Å². The van der Waals surface area contributed by atoms with E-state index in [1.165, 1.54) is 0 Å². The molecule has 0 atom stereocenters. The lowest BCUT2D eigenvalue weighted by Crippen LogP contribution is -1.92. The summed E-state index contributed by atoms with van der Waals surface area (Å²) in [6, 6.07) is 3.87. The van der Waals surface area contributed by atoms with Crippen LogP contribution in [0.3, 0.4) is 0 Å². The van der Waals surface area contributed by atoms with Crippen LogP contribution in [0, 0.1) is 6.92 Å². The van der Waals surface area contributed by atoms with Gasteiger partial charge in [-0.15, -0.1) is 0 Å². The lowest BCUT2D eigenvalue weighted by molar-refractivity contribution is 0.416. The molecule has 0 aliphatic heterocycles. The number of allylic oxidation sites excluding steroid dienone is 2. The fraction of sp³-hybridized carbons (Fsp3) is 0.300. The van der Waals surface area contributed by atoms with Crippen molar-refractivity contribution >= 4 is 5.57 Å². The first kappa shape index (κ1) is 8.78. The quantitative estimate of drug-likeness (QED) is 0.646. The molecule has 12 heavy (non-hydrogen) atoms. The van der Waals surface area contributed by atoms with Gasteiger partial charge in [-0.05, 0) is 32.4 Å². The molecule has 1 aromatic rings. The summed E-state index contributed by atoms with van der Waals surface area (Å²) in [4.78, 5) is 4.18. The van der Waals surface area contributed by atoms with Crippen LogP contribution in [0.1, 0.15) is 25.1 Å². The summed E-state index contributed by atoms with van der Waals surface area (Å²) in [5, 5.41) is 9.24. The van der Waals surface area contributed by atoms with Gasteiger partial charge in [0.2, 0.25) is 0 Å². The van der Waals surface area contributed by atoms with Crippen molar-refractivity contribution in [3.8, 4) is 0 Å². The Kier molecular flexibility index (Phi) is 2.48. The summed E-state index contributed by atoms with van der Waals surface area (Å²) in [5.74, 6) is 0.330. The Morgan fingerprint density at radius 1 is 1.42 bits per heavy atom. The van der Waals surface area contributed by atoms with Gasteiger partial charge in [0.15, 0.2) is 0 Å². The van der Waals surface area contributed by atoms with E-state index in [1.54, 1.807) is 13.1 Å². The molecule has 0 fully saturated rings. The van der Waals surface area contributed by atoms with E-state index in [-0.39, 0.29) is 0 Å². The van der Waals surface area contributed by atoms with Crippen LogP contribution in [0.15, 0.2) is 24.1 Å². The zero-order chi connectivity index (χ0) is 9.14. The lowest BCUT2D eigenvalue weighted by Gasteiger charge is -2.04. The maximum absolute atomic E-state index is 9.24. The van der Waals surface area contributed by atoms with Gasteiger partial charge in [-0.3, -0.25) is 4.98 Å². The van der Waals surface area contributed by atoms with Crippen LogP contribution >= 0.6 is 0 Å². The third kappa shape index (κ3) is 1.64. The minimum absolute atomic E-state index is 0.330. The minimum Gasteiger partial charge on any atom is -0.512 e. The van der Waals surface area contributed by atoms with Crippen LogP contribution in [0.2, 0.25) is 0 Å². The van der Waals surface area contributed by atoms with Crippen molar-refractivity contribution in [2.45, 2.75) is 20.8 Å². The summed E-state index contributed by atoms with van der Waals surface area (Å²) in [5.41, 5.74) is 2.80. The van der Waals surface area contributed by atoms with Gasteiger partial charge in [0.25, 0.3) is 0 Å². The molecule has 0 amide bonds. The molecule has 0 aliphatic carbocycles. The zero-order valence-corrected chi connectivity index (χ0v) is 7.63. The number of aliphatic hydroxyl groups excluding tert-OH is 1. The summed E-state index contributed by atoms with van der Waals surface area (Å²) in [7, 11) is 0. The largest absolute Gasteiger partial charge is 0.512 e. The number of aryl methyl sites for hydroxylation is 1. The topological polar surface area (TPSA) is 33.1 Å². The van der Waals surface area contributed by atoms with Crippen molar-refractivity contribution in [1.29, 1.82) is 0 Å². The first-order valence-corrected chi connectivity index (χ1v) is 3.91. The molecule has 0 bridgehead atoms. The second-order valence-electron chi connectivity index (χ2n) is 2.88. The molecule has 0 unspecified atom stereocenters. The van der Waals surface area contributed by atoms with Gasteiger partial charge in [-0.1, -0.05) is 6.07 Å². The molecule has 2 heteroatoms. The highest BCUT2D eigenvalue weighted by atomic mass is 16.3. The van der Waals surface area contributed by atoms with Crippen LogP contribution in [-0.4, -0.2) is 10.1 Å². The summed E-state index contributed by atoms with van der Waals surface area (Å²) in [6.07, 6.45) is 1.73.